The number of aryl methyl sites for hydroxylation is 1. The summed E-state index contributed by atoms with van der Waals surface area (Å²) in [5.74, 6) is 1.29. The highest BCUT2D eigenvalue weighted by atomic mass is 35.5. The Labute approximate surface area is 194 Å². The summed E-state index contributed by atoms with van der Waals surface area (Å²) in [5, 5.41) is 6.20. The van der Waals surface area contributed by atoms with Crippen molar-refractivity contribution in [2.24, 2.45) is 0 Å². The Morgan fingerprint density at radius 3 is 2.61 bits per heavy atom. The molecule has 5 nitrogen and oxygen atoms in total. The van der Waals surface area contributed by atoms with Crippen molar-refractivity contribution in [3.05, 3.63) is 99.5 Å². The summed E-state index contributed by atoms with van der Waals surface area (Å²) in [7, 11) is 0. The average Bonchev–Trinajstić information content (AvgIpc) is 3.28. The first kappa shape index (κ1) is 19.8. The number of halogens is 1. The van der Waals surface area contributed by atoms with Crippen molar-refractivity contribution in [1.29, 1.82) is 0 Å². The van der Waals surface area contributed by atoms with Gasteiger partial charge in [-0.1, -0.05) is 11.6 Å². The quantitative estimate of drug-likeness (QED) is 0.295. The third-order valence-corrected chi connectivity index (χ3v) is 6.16. The maximum Gasteiger partial charge on any atom is 0.336 e. The Morgan fingerprint density at radius 1 is 0.909 bits per heavy atom. The number of nitrogens with zero attached hydrogens (tertiary/aromatic N) is 1. The normalized spacial score (nSPS) is 12.8. The molecule has 5 aromatic rings. The molecular formula is C27H19ClN2O3. The average molecular weight is 455 g/mol. The molecule has 0 fully saturated rings. The van der Waals surface area contributed by atoms with E-state index < -0.39 is 0 Å². The number of aromatic nitrogens is 1. The number of nitrogens with one attached hydrogen (secondary N) is 1. The van der Waals surface area contributed by atoms with Crippen molar-refractivity contribution < 1.29 is 9.15 Å². The van der Waals surface area contributed by atoms with E-state index in [1.54, 1.807) is 12.1 Å². The van der Waals surface area contributed by atoms with E-state index in [4.69, 9.17) is 25.7 Å². The Kier molecular flexibility index (Phi) is 4.77. The van der Waals surface area contributed by atoms with Crippen LogP contribution in [0.5, 0.6) is 11.5 Å². The molecule has 0 aliphatic heterocycles. The van der Waals surface area contributed by atoms with Gasteiger partial charge in [0, 0.05) is 39.3 Å². The Morgan fingerprint density at radius 2 is 1.73 bits per heavy atom. The van der Waals surface area contributed by atoms with Gasteiger partial charge in [-0.05, 0) is 85.5 Å². The fraction of sp³-hybridized carbons (Fsp3) is 0.111. The molecule has 2 heterocycles. The third kappa shape index (κ3) is 3.81. The van der Waals surface area contributed by atoms with Crippen molar-refractivity contribution in [3.8, 4) is 11.5 Å². The summed E-state index contributed by atoms with van der Waals surface area (Å²) in [6.45, 7) is 0. The molecule has 0 amide bonds. The van der Waals surface area contributed by atoms with Crippen LogP contribution in [0.15, 0.2) is 82.0 Å². The summed E-state index contributed by atoms with van der Waals surface area (Å²) < 4.78 is 11.2. The lowest BCUT2D eigenvalue weighted by Crippen LogP contribution is -2.00. The lowest BCUT2D eigenvalue weighted by molar-refractivity contribution is 0.480. The van der Waals surface area contributed by atoms with Gasteiger partial charge in [0.25, 0.3) is 0 Å². The number of pyridine rings is 1. The molecule has 0 bridgehead atoms. The molecule has 162 valence electrons. The van der Waals surface area contributed by atoms with Crippen LogP contribution in [0.1, 0.15) is 17.7 Å². The Hall–Kier alpha value is -3.83. The van der Waals surface area contributed by atoms with Gasteiger partial charge in [0.2, 0.25) is 0 Å². The minimum atomic E-state index is -0.382. The van der Waals surface area contributed by atoms with Gasteiger partial charge in [0.05, 0.1) is 11.2 Å². The zero-order chi connectivity index (χ0) is 22.4. The van der Waals surface area contributed by atoms with Gasteiger partial charge in [-0.25, -0.2) is 4.79 Å². The standard InChI is InChI=1S/C27H19ClN2O3/c28-17-6-12-22-24(14-17)30-23-3-1-2-21(23)27(22)29-18-7-10-19(11-8-18)32-20-9-4-16-5-13-26(31)33-25(16)15-20/h4-15H,1-3H2,(H,29,30). The van der Waals surface area contributed by atoms with Crippen molar-refractivity contribution in [1.82, 2.24) is 4.98 Å². The number of hydrogen-bond donors (Lipinski definition) is 1. The van der Waals surface area contributed by atoms with Crippen LogP contribution in [0.25, 0.3) is 21.9 Å². The zero-order valence-electron chi connectivity index (χ0n) is 17.6. The summed E-state index contributed by atoms with van der Waals surface area (Å²) in [6, 6.07) is 22.2. The minimum Gasteiger partial charge on any atom is -0.457 e. The topological polar surface area (TPSA) is 64.4 Å². The SMILES string of the molecule is O=c1ccc2ccc(Oc3ccc(Nc4c5c(nc6cc(Cl)ccc46)CCC5)cc3)cc2o1. The van der Waals surface area contributed by atoms with Gasteiger partial charge in [-0.15, -0.1) is 0 Å². The molecule has 2 aromatic heterocycles. The first-order valence-corrected chi connectivity index (χ1v) is 11.2. The van der Waals surface area contributed by atoms with Gasteiger partial charge in [-0.3, -0.25) is 4.98 Å². The molecule has 33 heavy (non-hydrogen) atoms. The van der Waals surface area contributed by atoms with E-state index in [0.717, 1.165) is 52.6 Å². The summed E-state index contributed by atoms with van der Waals surface area (Å²) >= 11 is 6.21. The number of anilines is 2. The lowest BCUT2D eigenvalue weighted by atomic mass is 10.1. The Balaban J connectivity index is 1.28. The van der Waals surface area contributed by atoms with Gasteiger partial charge < -0.3 is 14.5 Å². The third-order valence-electron chi connectivity index (χ3n) is 5.93. The van der Waals surface area contributed by atoms with Crippen molar-refractivity contribution in [2.45, 2.75) is 19.3 Å². The molecule has 0 radical (unpaired) electrons. The molecule has 6 heteroatoms. The largest absolute Gasteiger partial charge is 0.457 e. The van der Waals surface area contributed by atoms with Crippen LogP contribution in [0, 0.1) is 0 Å². The van der Waals surface area contributed by atoms with Gasteiger partial charge in [0.15, 0.2) is 0 Å². The van der Waals surface area contributed by atoms with Crippen molar-refractivity contribution in [3.63, 3.8) is 0 Å². The fourth-order valence-corrected chi connectivity index (χ4v) is 4.54. The summed E-state index contributed by atoms with van der Waals surface area (Å²) in [4.78, 5) is 16.3. The van der Waals surface area contributed by atoms with E-state index in [2.05, 4.69) is 5.32 Å². The molecule has 0 saturated carbocycles. The molecule has 0 spiro atoms. The highest BCUT2D eigenvalue weighted by Gasteiger charge is 2.20. The van der Waals surface area contributed by atoms with E-state index in [0.29, 0.717) is 22.1 Å². The van der Waals surface area contributed by atoms with E-state index in [1.807, 2.05) is 54.6 Å². The number of fused-ring (bicyclic) bond motifs is 3. The second kappa shape index (κ2) is 7.94. The Bertz CT molecular complexity index is 1580. The van der Waals surface area contributed by atoms with Crippen LogP contribution in [0.2, 0.25) is 5.02 Å². The van der Waals surface area contributed by atoms with Crippen molar-refractivity contribution >= 4 is 44.8 Å². The molecular weight excluding hydrogens is 436 g/mol. The number of benzene rings is 3. The molecule has 1 aliphatic rings. The number of rotatable bonds is 4. The summed E-state index contributed by atoms with van der Waals surface area (Å²) in [6.07, 6.45) is 3.12. The molecule has 1 N–H and O–H groups in total. The smallest absolute Gasteiger partial charge is 0.336 e. The molecule has 0 unspecified atom stereocenters. The van der Waals surface area contributed by atoms with Gasteiger partial charge in [0.1, 0.15) is 17.1 Å². The van der Waals surface area contributed by atoms with Crippen molar-refractivity contribution in [2.75, 3.05) is 5.32 Å². The van der Waals surface area contributed by atoms with E-state index >= 15 is 0 Å². The summed E-state index contributed by atoms with van der Waals surface area (Å²) in [5.41, 5.74) is 5.52. The second-order valence-corrected chi connectivity index (χ2v) is 8.57. The second-order valence-electron chi connectivity index (χ2n) is 8.13. The molecule has 3 aromatic carbocycles. The van der Waals surface area contributed by atoms with Crippen LogP contribution in [-0.4, -0.2) is 4.98 Å². The first-order valence-electron chi connectivity index (χ1n) is 10.8. The van der Waals surface area contributed by atoms with Crippen LogP contribution in [-0.2, 0) is 12.8 Å². The lowest BCUT2D eigenvalue weighted by Gasteiger charge is -2.15. The number of hydrogen-bond acceptors (Lipinski definition) is 5. The molecule has 6 rings (SSSR count). The molecule has 0 saturated heterocycles. The van der Waals surface area contributed by atoms with E-state index in [9.17, 15) is 4.79 Å². The maximum atomic E-state index is 11.5. The van der Waals surface area contributed by atoms with Crippen LogP contribution < -0.4 is 15.7 Å². The highest BCUT2D eigenvalue weighted by Crippen LogP contribution is 2.37. The van der Waals surface area contributed by atoms with E-state index in [-0.39, 0.29) is 5.63 Å². The monoisotopic (exact) mass is 454 g/mol. The predicted molar refractivity (Wildman–Crippen MR) is 131 cm³/mol. The molecule has 1 aliphatic carbocycles. The first-order chi connectivity index (χ1) is 16.1. The van der Waals surface area contributed by atoms with E-state index in [1.165, 1.54) is 11.6 Å². The van der Waals surface area contributed by atoms with Gasteiger partial charge in [-0.2, -0.15) is 0 Å². The molecule has 0 atom stereocenters. The maximum absolute atomic E-state index is 11.5. The highest BCUT2D eigenvalue weighted by molar-refractivity contribution is 6.31. The van der Waals surface area contributed by atoms with Gasteiger partial charge >= 0.3 is 5.63 Å². The van der Waals surface area contributed by atoms with Crippen LogP contribution >= 0.6 is 11.6 Å². The minimum absolute atomic E-state index is 0.382. The zero-order valence-corrected chi connectivity index (χ0v) is 18.4. The predicted octanol–water partition coefficient (Wildman–Crippen LogP) is 7.02. The van der Waals surface area contributed by atoms with Crippen LogP contribution in [0.3, 0.4) is 0 Å². The fourth-order valence-electron chi connectivity index (χ4n) is 4.37. The number of ether oxygens (including phenoxy) is 1. The van der Waals surface area contributed by atoms with Crippen LogP contribution in [0.4, 0.5) is 11.4 Å².